The van der Waals surface area contributed by atoms with E-state index in [0.717, 1.165) is 24.9 Å². The van der Waals surface area contributed by atoms with E-state index in [-0.39, 0.29) is 5.91 Å². The quantitative estimate of drug-likeness (QED) is 0.849. The Morgan fingerprint density at radius 3 is 2.65 bits per heavy atom. The van der Waals surface area contributed by atoms with Crippen LogP contribution in [0, 0.1) is 0 Å². The number of ether oxygens (including phenoxy) is 2. The number of likely N-dealkylation sites (tertiary alicyclic amines) is 1. The third kappa shape index (κ3) is 3.24. The van der Waals surface area contributed by atoms with Gasteiger partial charge in [0, 0.05) is 12.6 Å². The van der Waals surface area contributed by atoms with Crippen molar-refractivity contribution < 1.29 is 14.3 Å². The highest BCUT2D eigenvalue weighted by Gasteiger charge is 2.23. The van der Waals surface area contributed by atoms with Crippen molar-refractivity contribution in [2.45, 2.75) is 38.6 Å². The van der Waals surface area contributed by atoms with Gasteiger partial charge >= 0.3 is 0 Å². The van der Waals surface area contributed by atoms with Gasteiger partial charge in [0.1, 0.15) is 0 Å². The molecule has 1 aliphatic rings. The van der Waals surface area contributed by atoms with Gasteiger partial charge in [0.15, 0.2) is 11.5 Å². The normalized spacial score (nSPS) is 18.8. The van der Waals surface area contributed by atoms with E-state index in [0.29, 0.717) is 24.0 Å². The number of piperidine rings is 1. The van der Waals surface area contributed by atoms with Crippen LogP contribution in [0.15, 0.2) is 18.2 Å². The van der Waals surface area contributed by atoms with Gasteiger partial charge in [-0.3, -0.25) is 4.79 Å². The topological polar surface area (TPSA) is 38.8 Å². The van der Waals surface area contributed by atoms with Crippen molar-refractivity contribution in [2.24, 2.45) is 0 Å². The molecular weight excluding hydrogens is 254 g/mol. The van der Waals surface area contributed by atoms with E-state index in [2.05, 4.69) is 6.92 Å². The van der Waals surface area contributed by atoms with E-state index in [4.69, 9.17) is 9.47 Å². The Morgan fingerprint density at radius 1 is 1.25 bits per heavy atom. The van der Waals surface area contributed by atoms with Crippen LogP contribution in [0.3, 0.4) is 0 Å². The molecule has 0 radical (unpaired) electrons. The lowest BCUT2D eigenvalue weighted by Crippen LogP contribution is -2.42. The third-order valence-corrected chi connectivity index (χ3v) is 3.93. The molecule has 1 saturated heterocycles. The van der Waals surface area contributed by atoms with E-state index in [1.54, 1.807) is 14.2 Å². The Morgan fingerprint density at radius 2 is 2.00 bits per heavy atom. The maximum absolute atomic E-state index is 12.4. The van der Waals surface area contributed by atoms with Gasteiger partial charge < -0.3 is 14.4 Å². The second kappa shape index (κ2) is 6.64. The molecular formula is C16H23NO3. The average molecular weight is 277 g/mol. The smallest absolute Gasteiger partial charge is 0.227 e. The zero-order valence-electron chi connectivity index (χ0n) is 12.5. The summed E-state index contributed by atoms with van der Waals surface area (Å²) in [5.74, 6) is 1.56. The van der Waals surface area contributed by atoms with Gasteiger partial charge in [0.2, 0.25) is 5.91 Å². The van der Waals surface area contributed by atoms with Crippen molar-refractivity contribution in [1.29, 1.82) is 0 Å². The van der Waals surface area contributed by atoms with Gasteiger partial charge in [-0.05, 0) is 43.9 Å². The average Bonchev–Trinajstić information content (AvgIpc) is 2.47. The maximum Gasteiger partial charge on any atom is 0.227 e. The molecule has 0 bridgehead atoms. The highest BCUT2D eigenvalue weighted by Crippen LogP contribution is 2.28. The first-order valence-electron chi connectivity index (χ1n) is 7.16. The lowest BCUT2D eigenvalue weighted by Gasteiger charge is -2.33. The molecule has 2 rings (SSSR count). The van der Waals surface area contributed by atoms with Gasteiger partial charge in [-0.1, -0.05) is 6.07 Å². The van der Waals surface area contributed by atoms with Crippen molar-refractivity contribution in [2.75, 3.05) is 20.8 Å². The minimum Gasteiger partial charge on any atom is -0.493 e. The summed E-state index contributed by atoms with van der Waals surface area (Å²) in [7, 11) is 3.22. The standard InChI is InChI=1S/C16H23NO3/c1-12-6-4-5-9-17(12)16(18)11-13-7-8-14(19-2)15(10-13)20-3/h7-8,10,12H,4-6,9,11H2,1-3H3. The van der Waals surface area contributed by atoms with Crippen LogP contribution in [0.2, 0.25) is 0 Å². The molecule has 1 amide bonds. The van der Waals surface area contributed by atoms with E-state index in [9.17, 15) is 4.79 Å². The summed E-state index contributed by atoms with van der Waals surface area (Å²) in [4.78, 5) is 14.4. The number of hydrogen-bond acceptors (Lipinski definition) is 3. The minimum atomic E-state index is 0.199. The summed E-state index contributed by atoms with van der Waals surface area (Å²) >= 11 is 0. The van der Waals surface area contributed by atoms with Crippen molar-refractivity contribution >= 4 is 5.91 Å². The summed E-state index contributed by atoms with van der Waals surface area (Å²) < 4.78 is 10.5. The lowest BCUT2D eigenvalue weighted by atomic mass is 10.0. The molecule has 4 heteroatoms. The van der Waals surface area contributed by atoms with Crippen LogP contribution in [-0.4, -0.2) is 37.6 Å². The first kappa shape index (κ1) is 14.7. The molecule has 1 aromatic rings. The zero-order valence-corrected chi connectivity index (χ0v) is 12.5. The number of hydrogen-bond donors (Lipinski definition) is 0. The van der Waals surface area contributed by atoms with Gasteiger partial charge in [0.25, 0.3) is 0 Å². The summed E-state index contributed by atoms with van der Waals surface area (Å²) in [6, 6.07) is 6.01. The minimum absolute atomic E-state index is 0.199. The van der Waals surface area contributed by atoms with Crippen LogP contribution in [-0.2, 0) is 11.2 Å². The number of methoxy groups -OCH3 is 2. The summed E-state index contributed by atoms with van der Waals surface area (Å²) in [6.45, 7) is 3.01. The van der Waals surface area contributed by atoms with Crippen LogP contribution in [0.5, 0.6) is 11.5 Å². The van der Waals surface area contributed by atoms with E-state index in [1.807, 2.05) is 23.1 Å². The molecule has 1 unspecified atom stereocenters. The molecule has 1 atom stereocenters. The molecule has 0 N–H and O–H groups in total. The molecule has 20 heavy (non-hydrogen) atoms. The van der Waals surface area contributed by atoms with Gasteiger partial charge in [-0.2, -0.15) is 0 Å². The Hall–Kier alpha value is -1.71. The highest BCUT2D eigenvalue weighted by atomic mass is 16.5. The predicted octanol–water partition coefficient (Wildman–Crippen LogP) is 2.65. The molecule has 0 spiro atoms. The zero-order chi connectivity index (χ0) is 14.5. The molecule has 0 saturated carbocycles. The molecule has 110 valence electrons. The molecule has 4 nitrogen and oxygen atoms in total. The number of amides is 1. The van der Waals surface area contributed by atoms with Crippen LogP contribution in [0.4, 0.5) is 0 Å². The summed E-state index contributed by atoms with van der Waals surface area (Å²) in [5.41, 5.74) is 0.963. The second-order valence-corrected chi connectivity index (χ2v) is 5.30. The molecule has 1 aromatic carbocycles. The van der Waals surface area contributed by atoms with Crippen molar-refractivity contribution in [3.05, 3.63) is 23.8 Å². The second-order valence-electron chi connectivity index (χ2n) is 5.30. The summed E-state index contributed by atoms with van der Waals surface area (Å²) in [5, 5.41) is 0. The highest BCUT2D eigenvalue weighted by molar-refractivity contribution is 5.79. The first-order chi connectivity index (χ1) is 9.65. The van der Waals surface area contributed by atoms with E-state index >= 15 is 0 Å². The fraction of sp³-hybridized carbons (Fsp3) is 0.562. The van der Waals surface area contributed by atoms with Crippen molar-refractivity contribution in [3.8, 4) is 11.5 Å². The van der Waals surface area contributed by atoms with Gasteiger partial charge in [-0.15, -0.1) is 0 Å². The number of carbonyl (C=O) groups is 1. The number of benzene rings is 1. The largest absolute Gasteiger partial charge is 0.493 e. The van der Waals surface area contributed by atoms with Crippen LogP contribution < -0.4 is 9.47 Å². The number of carbonyl (C=O) groups excluding carboxylic acids is 1. The molecule has 0 aliphatic carbocycles. The number of rotatable bonds is 4. The van der Waals surface area contributed by atoms with Gasteiger partial charge in [0.05, 0.1) is 20.6 Å². The van der Waals surface area contributed by atoms with Crippen LogP contribution in [0.1, 0.15) is 31.7 Å². The third-order valence-electron chi connectivity index (χ3n) is 3.93. The molecule has 1 aliphatic heterocycles. The lowest BCUT2D eigenvalue weighted by molar-refractivity contribution is -0.133. The van der Waals surface area contributed by atoms with E-state index in [1.165, 1.54) is 6.42 Å². The van der Waals surface area contributed by atoms with Crippen molar-refractivity contribution in [3.63, 3.8) is 0 Å². The van der Waals surface area contributed by atoms with Gasteiger partial charge in [-0.25, -0.2) is 0 Å². The molecule has 0 aromatic heterocycles. The van der Waals surface area contributed by atoms with E-state index < -0.39 is 0 Å². The Labute approximate surface area is 120 Å². The van der Waals surface area contributed by atoms with Crippen LogP contribution in [0.25, 0.3) is 0 Å². The fourth-order valence-corrected chi connectivity index (χ4v) is 2.74. The fourth-order valence-electron chi connectivity index (χ4n) is 2.74. The molecule has 1 heterocycles. The molecule has 1 fully saturated rings. The van der Waals surface area contributed by atoms with Crippen LogP contribution >= 0.6 is 0 Å². The Kier molecular flexibility index (Phi) is 4.88. The monoisotopic (exact) mass is 277 g/mol. The summed E-state index contributed by atoms with van der Waals surface area (Å²) in [6.07, 6.45) is 3.87. The predicted molar refractivity (Wildman–Crippen MR) is 78.3 cm³/mol. The SMILES string of the molecule is COc1ccc(CC(=O)N2CCCCC2C)cc1OC. The maximum atomic E-state index is 12.4. The Bertz CT molecular complexity index is 473. The number of nitrogens with zero attached hydrogens (tertiary/aromatic N) is 1. The Balaban J connectivity index is 2.07. The first-order valence-corrected chi connectivity index (χ1v) is 7.16. The van der Waals surface area contributed by atoms with Crippen molar-refractivity contribution in [1.82, 2.24) is 4.90 Å².